The molecule has 9 heteroatoms. The summed E-state index contributed by atoms with van der Waals surface area (Å²) in [5, 5.41) is 2.61. The van der Waals surface area contributed by atoms with Crippen LogP contribution in [0.15, 0.2) is 18.2 Å². The van der Waals surface area contributed by atoms with Crippen molar-refractivity contribution in [2.45, 2.75) is 25.6 Å². The Labute approximate surface area is 121 Å². The van der Waals surface area contributed by atoms with Gasteiger partial charge in [0.2, 0.25) is 10.0 Å². The zero-order valence-corrected chi connectivity index (χ0v) is 12.7. The first-order valence-corrected chi connectivity index (χ1v) is 7.89. The van der Waals surface area contributed by atoms with Crippen molar-refractivity contribution in [2.75, 3.05) is 23.9 Å². The molecule has 21 heavy (non-hydrogen) atoms. The monoisotopic (exact) mass is 325 g/mol. The molecule has 1 rings (SSSR count). The molecule has 1 aromatic carbocycles. The first-order chi connectivity index (χ1) is 9.30. The van der Waals surface area contributed by atoms with Crippen molar-refractivity contribution in [1.29, 1.82) is 0 Å². The highest BCUT2D eigenvalue weighted by molar-refractivity contribution is 7.88. The molecule has 120 valence electrons. The van der Waals surface area contributed by atoms with Crippen LogP contribution < -0.4 is 15.8 Å². The van der Waals surface area contributed by atoms with E-state index in [0.29, 0.717) is 0 Å². The van der Waals surface area contributed by atoms with Gasteiger partial charge in [-0.2, -0.15) is 13.2 Å². The van der Waals surface area contributed by atoms with Gasteiger partial charge in [0.1, 0.15) is 0 Å². The Morgan fingerprint density at radius 3 is 2.29 bits per heavy atom. The number of alkyl halides is 3. The molecule has 0 amide bonds. The van der Waals surface area contributed by atoms with Gasteiger partial charge in [0.15, 0.2) is 0 Å². The molecular formula is C12H18F3N3O2S. The molecule has 4 N–H and O–H groups in total. The molecule has 0 aliphatic carbocycles. The molecule has 0 atom stereocenters. The molecule has 0 unspecified atom stereocenters. The number of nitrogen functional groups attached to an aromatic ring is 1. The van der Waals surface area contributed by atoms with Gasteiger partial charge in [-0.3, -0.25) is 0 Å². The van der Waals surface area contributed by atoms with Crippen LogP contribution in [-0.4, -0.2) is 26.8 Å². The molecule has 0 spiro atoms. The van der Waals surface area contributed by atoms with E-state index in [4.69, 9.17) is 5.73 Å². The van der Waals surface area contributed by atoms with E-state index in [1.54, 1.807) is 13.8 Å². The van der Waals surface area contributed by atoms with E-state index in [9.17, 15) is 21.6 Å². The largest absolute Gasteiger partial charge is 0.418 e. The summed E-state index contributed by atoms with van der Waals surface area (Å²) in [6, 6.07) is 3.39. The van der Waals surface area contributed by atoms with E-state index in [0.717, 1.165) is 12.3 Å². The zero-order chi connectivity index (χ0) is 16.5. The third kappa shape index (κ3) is 5.80. The minimum atomic E-state index is -4.55. The third-order valence-electron chi connectivity index (χ3n) is 2.53. The molecule has 0 saturated heterocycles. The Morgan fingerprint density at radius 2 is 1.81 bits per heavy atom. The molecule has 0 fully saturated rings. The molecule has 0 radical (unpaired) electrons. The number of sulfonamides is 1. The number of anilines is 2. The number of nitrogens with one attached hydrogen (secondary N) is 2. The maximum absolute atomic E-state index is 12.9. The number of hydrogen-bond donors (Lipinski definition) is 3. The summed E-state index contributed by atoms with van der Waals surface area (Å²) in [7, 11) is -3.46. The van der Waals surface area contributed by atoms with Crippen LogP contribution in [0, 0.1) is 0 Å². The molecule has 0 heterocycles. The van der Waals surface area contributed by atoms with Gasteiger partial charge >= 0.3 is 6.18 Å². The van der Waals surface area contributed by atoms with Gasteiger partial charge in [-0.05, 0) is 32.0 Å². The van der Waals surface area contributed by atoms with Crippen LogP contribution in [0.3, 0.4) is 0 Å². The minimum Gasteiger partial charge on any atom is -0.399 e. The number of halogens is 3. The maximum Gasteiger partial charge on any atom is 0.418 e. The summed E-state index contributed by atoms with van der Waals surface area (Å²) in [6.45, 7) is 3.10. The average molecular weight is 325 g/mol. The van der Waals surface area contributed by atoms with E-state index in [-0.39, 0.29) is 17.9 Å². The normalized spacial score (nSPS) is 13.2. The van der Waals surface area contributed by atoms with Gasteiger partial charge in [0.05, 0.1) is 11.8 Å². The van der Waals surface area contributed by atoms with Crippen LogP contribution in [0.25, 0.3) is 0 Å². The lowest BCUT2D eigenvalue weighted by Gasteiger charge is -2.26. The number of hydrogen-bond acceptors (Lipinski definition) is 4. The highest BCUT2D eigenvalue weighted by Crippen LogP contribution is 2.36. The Balaban J connectivity index is 2.94. The molecule has 0 bridgehead atoms. The van der Waals surface area contributed by atoms with Crippen LogP contribution in [0.1, 0.15) is 19.4 Å². The molecule has 0 aliphatic heterocycles. The van der Waals surface area contributed by atoms with Gasteiger partial charge in [0, 0.05) is 23.5 Å². The van der Waals surface area contributed by atoms with E-state index in [1.165, 1.54) is 12.1 Å². The molecule has 0 aliphatic rings. The second-order valence-electron chi connectivity index (χ2n) is 5.41. The smallest absolute Gasteiger partial charge is 0.399 e. The number of nitrogens with two attached hydrogens (primary N) is 1. The standard InChI is InChI=1S/C12H18F3N3O2S/c1-11(2,18-21(3,19)20)7-17-10-5-4-8(16)6-9(10)12(13,14)15/h4-6,17-18H,7,16H2,1-3H3. The first kappa shape index (κ1) is 17.6. The van der Waals surface area contributed by atoms with Gasteiger partial charge < -0.3 is 11.1 Å². The Kier molecular flexibility index (Phi) is 4.79. The predicted octanol–water partition coefficient (Wildman–Crippen LogP) is 2.03. The van der Waals surface area contributed by atoms with Crippen molar-refractivity contribution < 1.29 is 21.6 Å². The summed E-state index contributed by atoms with van der Waals surface area (Å²) in [5.41, 5.74) is 3.38. The molecular weight excluding hydrogens is 307 g/mol. The molecule has 1 aromatic rings. The molecule has 0 saturated carbocycles. The van der Waals surface area contributed by atoms with Crippen molar-refractivity contribution >= 4 is 21.4 Å². The van der Waals surface area contributed by atoms with Crippen molar-refractivity contribution in [3.63, 3.8) is 0 Å². The summed E-state index contributed by atoms with van der Waals surface area (Å²) < 4.78 is 63.5. The Bertz CT molecular complexity index is 613. The lowest BCUT2D eigenvalue weighted by atomic mass is 10.1. The van der Waals surface area contributed by atoms with Crippen LogP contribution in [0.5, 0.6) is 0 Å². The lowest BCUT2D eigenvalue weighted by Crippen LogP contribution is -2.47. The van der Waals surface area contributed by atoms with Crippen LogP contribution in [-0.2, 0) is 16.2 Å². The van der Waals surface area contributed by atoms with Gasteiger partial charge in [-0.15, -0.1) is 0 Å². The van der Waals surface area contributed by atoms with Gasteiger partial charge in [0.25, 0.3) is 0 Å². The lowest BCUT2D eigenvalue weighted by molar-refractivity contribution is -0.136. The van der Waals surface area contributed by atoms with E-state index in [1.807, 2.05) is 0 Å². The highest BCUT2D eigenvalue weighted by atomic mass is 32.2. The summed E-state index contributed by atoms with van der Waals surface area (Å²) in [6.07, 6.45) is -3.56. The van der Waals surface area contributed by atoms with Crippen molar-refractivity contribution in [1.82, 2.24) is 4.72 Å². The highest BCUT2D eigenvalue weighted by Gasteiger charge is 2.34. The van der Waals surface area contributed by atoms with E-state index in [2.05, 4.69) is 10.0 Å². The second-order valence-corrected chi connectivity index (χ2v) is 7.16. The third-order valence-corrected chi connectivity index (χ3v) is 3.45. The SMILES string of the molecule is CC(C)(CNc1ccc(N)cc1C(F)(F)F)NS(C)(=O)=O. The van der Waals surface area contributed by atoms with Gasteiger partial charge in [-0.1, -0.05) is 0 Å². The maximum atomic E-state index is 12.9. The van der Waals surface area contributed by atoms with Crippen molar-refractivity contribution in [2.24, 2.45) is 0 Å². The first-order valence-electron chi connectivity index (χ1n) is 6.00. The Hall–Kier alpha value is -1.48. The van der Waals surface area contributed by atoms with Crippen molar-refractivity contribution in [3.05, 3.63) is 23.8 Å². The summed E-state index contributed by atoms with van der Waals surface area (Å²) in [4.78, 5) is 0. The second kappa shape index (κ2) is 5.72. The summed E-state index contributed by atoms with van der Waals surface area (Å²) >= 11 is 0. The van der Waals surface area contributed by atoms with Crippen LogP contribution >= 0.6 is 0 Å². The number of rotatable bonds is 5. The fraction of sp³-hybridized carbons (Fsp3) is 0.500. The van der Waals surface area contributed by atoms with Crippen LogP contribution in [0.2, 0.25) is 0 Å². The quantitative estimate of drug-likeness (QED) is 0.723. The fourth-order valence-corrected chi connectivity index (χ4v) is 2.88. The van der Waals surface area contributed by atoms with Crippen LogP contribution in [0.4, 0.5) is 24.5 Å². The van der Waals surface area contributed by atoms with E-state index >= 15 is 0 Å². The predicted molar refractivity (Wildman–Crippen MR) is 76.4 cm³/mol. The summed E-state index contributed by atoms with van der Waals surface area (Å²) in [5.74, 6) is 0. The van der Waals surface area contributed by atoms with Gasteiger partial charge in [-0.25, -0.2) is 13.1 Å². The van der Waals surface area contributed by atoms with Crippen molar-refractivity contribution in [3.8, 4) is 0 Å². The van der Waals surface area contributed by atoms with E-state index < -0.39 is 27.3 Å². The average Bonchev–Trinajstić information content (AvgIpc) is 2.22. The topological polar surface area (TPSA) is 84.2 Å². The molecule has 5 nitrogen and oxygen atoms in total. The fourth-order valence-electron chi connectivity index (χ4n) is 1.80. The number of benzene rings is 1. The minimum absolute atomic E-state index is 0.00129. The Morgan fingerprint density at radius 1 is 1.24 bits per heavy atom. The molecule has 0 aromatic heterocycles. The zero-order valence-electron chi connectivity index (χ0n) is 11.9.